The zero-order chi connectivity index (χ0) is 33.9. The van der Waals surface area contributed by atoms with Gasteiger partial charge < -0.3 is 8.98 Å². The molecule has 5 nitrogen and oxygen atoms in total. The second-order valence-corrected chi connectivity index (χ2v) is 14.4. The third kappa shape index (κ3) is 3.71. The van der Waals surface area contributed by atoms with Gasteiger partial charge in [0.2, 0.25) is 0 Å². The SMILES string of the molecule is c1ccc(-c2nc3c(nc2-n2c4ccccc4c4cc(-n5c6ccccc6c6ccccc65)c5c6ccccc6oc5c42)sc2ccccc23)cc1. The second kappa shape index (κ2) is 10.4. The number of furan rings is 1. The van der Waals surface area contributed by atoms with Crippen LogP contribution in [-0.4, -0.2) is 19.1 Å². The molecule has 0 atom stereocenters. The first kappa shape index (κ1) is 28.0. The summed E-state index contributed by atoms with van der Waals surface area (Å²) in [5.74, 6) is 0.780. The van der Waals surface area contributed by atoms with Gasteiger partial charge >= 0.3 is 0 Å². The molecule has 0 amide bonds. The van der Waals surface area contributed by atoms with Crippen LogP contribution in [0.1, 0.15) is 0 Å². The van der Waals surface area contributed by atoms with Gasteiger partial charge in [-0.25, -0.2) is 9.97 Å². The van der Waals surface area contributed by atoms with Crippen molar-refractivity contribution in [2.75, 3.05) is 0 Å². The predicted molar refractivity (Wildman–Crippen MR) is 216 cm³/mol. The Hall–Kier alpha value is -6.76. The summed E-state index contributed by atoms with van der Waals surface area (Å²) in [5.41, 5.74) is 9.85. The highest BCUT2D eigenvalue weighted by atomic mass is 32.1. The summed E-state index contributed by atoms with van der Waals surface area (Å²) in [6.45, 7) is 0. The van der Waals surface area contributed by atoms with Gasteiger partial charge in [0.25, 0.3) is 0 Å². The highest BCUT2D eigenvalue weighted by molar-refractivity contribution is 7.25. The molecule has 0 saturated carbocycles. The van der Waals surface area contributed by atoms with Crippen molar-refractivity contribution in [3.05, 3.63) is 158 Å². The number of hydrogen-bond donors (Lipinski definition) is 0. The fourth-order valence-corrected chi connectivity index (χ4v) is 9.36. The number of thiophene rings is 1. The average molecular weight is 683 g/mol. The van der Waals surface area contributed by atoms with E-state index in [1.54, 1.807) is 11.3 Å². The number of benzene rings is 7. The highest BCUT2D eigenvalue weighted by Gasteiger charge is 2.27. The van der Waals surface area contributed by atoms with E-state index < -0.39 is 0 Å². The zero-order valence-electron chi connectivity index (χ0n) is 27.6. The van der Waals surface area contributed by atoms with Crippen molar-refractivity contribution in [2.24, 2.45) is 0 Å². The van der Waals surface area contributed by atoms with Gasteiger partial charge in [-0.05, 0) is 36.4 Å². The van der Waals surface area contributed by atoms with Crippen LogP contribution < -0.4 is 0 Å². The van der Waals surface area contributed by atoms with E-state index in [0.29, 0.717) is 0 Å². The number of aromatic nitrogens is 4. The zero-order valence-corrected chi connectivity index (χ0v) is 28.4. The highest BCUT2D eigenvalue weighted by Crippen LogP contribution is 2.46. The molecule has 7 aromatic carbocycles. The lowest BCUT2D eigenvalue weighted by Gasteiger charge is -2.14. The maximum Gasteiger partial charge on any atom is 0.166 e. The Morgan fingerprint density at radius 1 is 0.500 bits per heavy atom. The van der Waals surface area contributed by atoms with Gasteiger partial charge in [0.1, 0.15) is 21.6 Å². The van der Waals surface area contributed by atoms with Crippen molar-refractivity contribution < 1.29 is 4.42 Å². The predicted octanol–water partition coefficient (Wildman–Crippen LogP) is 12.6. The van der Waals surface area contributed by atoms with Crippen LogP contribution in [0.4, 0.5) is 0 Å². The molecule has 0 aliphatic rings. The van der Waals surface area contributed by atoms with Gasteiger partial charge in [0, 0.05) is 42.6 Å². The molecule has 5 heterocycles. The first-order valence-corrected chi connectivity index (χ1v) is 18.2. The monoisotopic (exact) mass is 682 g/mol. The molecule has 0 fully saturated rings. The maximum absolute atomic E-state index is 7.02. The van der Waals surface area contributed by atoms with Crippen molar-refractivity contribution in [1.29, 1.82) is 0 Å². The first-order valence-electron chi connectivity index (χ1n) is 17.4. The summed E-state index contributed by atoms with van der Waals surface area (Å²) >= 11 is 1.68. The number of hydrogen-bond acceptors (Lipinski definition) is 4. The normalized spacial score (nSPS) is 12.2. The van der Waals surface area contributed by atoms with Crippen LogP contribution in [0.3, 0.4) is 0 Å². The Bertz CT molecular complexity index is 3370. The minimum atomic E-state index is 0.780. The van der Waals surface area contributed by atoms with Gasteiger partial charge in [-0.2, -0.15) is 0 Å². The maximum atomic E-state index is 7.02. The van der Waals surface area contributed by atoms with E-state index in [-0.39, 0.29) is 0 Å². The molecule has 6 heteroatoms. The average Bonchev–Trinajstić information content (AvgIpc) is 3.95. The lowest BCUT2D eigenvalue weighted by atomic mass is 10.1. The molecule has 5 aromatic heterocycles. The molecule has 0 aliphatic carbocycles. The molecule has 242 valence electrons. The summed E-state index contributed by atoms with van der Waals surface area (Å²) in [6, 6.07) is 55.6. The van der Waals surface area contributed by atoms with Gasteiger partial charge in [0.15, 0.2) is 11.4 Å². The lowest BCUT2D eigenvalue weighted by molar-refractivity contribution is 0.671. The van der Waals surface area contributed by atoms with Crippen molar-refractivity contribution in [3.8, 4) is 22.8 Å². The van der Waals surface area contributed by atoms with Crippen molar-refractivity contribution in [1.82, 2.24) is 19.1 Å². The second-order valence-electron chi connectivity index (χ2n) is 13.3. The third-order valence-corrected chi connectivity index (χ3v) is 11.6. The molecule has 52 heavy (non-hydrogen) atoms. The minimum absolute atomic E-state index is 0.780. The molecule has 0 radical (unpaired) electrons. The number of nitrogens with zero attached hydrogens (tertiary/aromatic N) is 4. The van der Waals surface area contributed by atoms with Gasteiger partial charge in [0.05, 0.1) is 33.1 Å². The van der Waals surface area contributed by atoms with Crippen molar-refractivity contribution in [2.45, 2.75) is 0 Å². The Morgan fingerprint density at radius 3 is 1.81 bits per heavy atom. The van der Waals surface area contributed by atoms with E-state index in [0.717, 1.165) is 93.3 Å². The third-order valence-electron chi connectivity index (χ3n) is 10.5. The van der Waals surface area contributed by atoms with Crippen LogP contribution in [0.2, 0.25) is 0 Å². The number of para-hydroxylation sites is 4. The van der Waals surface area contributed by atoms with Crippen LogP contribution in [-0.2, 0) is 0 Å². The van der Waals surface area contributed by atoms with E-state index >= 15 is 0 Å². The lowest BCUT2D eigenvalue weighted by Crippen LogP contribution is -2.03. The largest absolute Gasteiger partial charge is 0.454 e. The molecular formula is C46H26N4OS. The molecule has 0 aliphatic heterocycles. The number of rotatable bonds is 3. The molecular weight excluding hydrogens is 657 g/mol. The Balaban J connectivity index is 1.30. The quantitative estimate of drug-likeness (QED) is 0.186. The standard InChI is InChI=1S/C46H26N4OS/c1-2-14-27(15-3-1)41-45(48-46-42(47-41)32-20-8-13-25-39(32)52-46)50-36-23-11-6-18-30(36)33-26-37(40-31-19-7-12-24-38(31)51-44(40)43(33)50)49-34-21-9-4-16-28(34)29-17-5-10-22-35(29)49/h1-26H. The number of fused-ring (bicyclic) bond motifs is 13. The Kier molecular flexibility index (Phi) is 5.59. The van der Waals surface area contributed by atoms with E-state index in [2.05, 4.69) is 155 Å². The van der Waals surface area contributed by atoms with Gasteiger partial charge in [-0.15, -0.1) is 11.3 Å². The van der Waals surface area contributed by atoms with Crippen LogP contribution >= 0.6 is 11.3 Å². The summed E-state index contributed by atoms with van der Waals surface area (Å²) in [4.78, 5) is 11.9. The molecule has 0 bridgehead atoms. The molecule has 12 aromatic rings. The van der Waals surface area contributed by atoms with Gasteiger partial charge in [-0.3, -0.25) is 4.57 Å². The minimum Gasteiger partial charge on any atom is -0.454 e. The molecule has 0 saturated heterocycles. The van der Waals surface area contributed by atoms with E-state index in [1.807, 2.05) is 12.1 Å². The Morgan fingerprint density at radius 2 is 1.08 bits per heavy atom. The molecule has 12 rings (SSSR count). The van der Waals surface area contributed by atoms with Crippen LogP contribution in [0.25, 0.3) is 109 Å². The fraction of sp³-hybridized carbons (Fsp3) is 0. The summed E-state index contributed by atoms with van der Waals surface area (Å²) < 4.78 is 12.9. The van der Waals surface area contributed by atoms with Crippen molar-refractivity contribution >= 4 is 97.3 Å². The van der Waals surface area contributed by atoms with E-state index in [9.17, 15) is 0 Å². The molecule has 0 spiro atoms. The topological polar surface area (TPSA) is 48.8 Å². The van der Waals surface area contributed by atoms with Crippen LogP contribution in [0.5, 0.6) is 0 Å². The summed E-state index contributed by atoms with van der Waals surface area (Å²) in [7, 11) is 0. The first-order chi connectivity index (χ1) is 25.8. The smallest absolute Gasteiger partial charge is 0.166 e. The van der Waals surface area contributed by atoms with E-state index in [1.165, 1.54) is 15.5 Å². The summed E-state index contributed by atoms with van der Waals surface area (Å²) in [5, 5.41) is 7.92. The van der Waals surface area contributed by atoms with Crippen LogP contribution in [0.15, 0.2) is 162 Å². The Labute approximate surface area is 300 Å². The van der Waals surface area contributed by atoms with Crippen LogP contribution in [0, 0.1) is 0 Å². The summed E-state index contributed by atoms with van der Waals surface area (Å²) in [6.07, 6.45) is 0. The van der Waals surface area contributed by atoms with Gasteiger partial charge in [-0.1, -0.05) is 121 Å². The fourth-order valence-electron chi connectivity index (χ4n) is 8.35. The molecule has 0 unspecified atom stereocenters. The van der Waals surface area contributed by atoms with Crippen molar-refractivity contribution in [3.63, 3.8) is 0 Å². The van der Waals surface area contributed by atoms with E-state index in [4.69, 9.17) is 14.4 Å². The molecule has 0 N–H and O–H groups in total.